The Morgan fingerprint density at radius 1 is 0.971 bits per heavy atom. The molecule has 0 bridgehead atoms. The molecule has 34 heavy (non-hydrogen) atoms. The molecule has 0 unspecified atom stereocenters. The fourth-order valence-electron chi connectivity index (χ4n) is 5.01. The van der Waals surface area contributed by atoms with Crippen molar-refractivity contribution in [2.75, 3.05) is 64.4 Å². The SMILES string of the molecule is CN1CCN(c2ccc3c(c2)OCCN(C[C@H](O)CN2CCc4ccccc4C2)C3=O)CC1=O. The van der Waals surface area contributed by atoms with Crippen LogP contribution in [0, 0.1) is 0 Å². The zero-order valence-electron chi connectivity index (χ0n) is 19.7. The number of rotatable bonds is 5. The Balaban J connectivity index is 1.22. The minimum Gasteiger partial charge on any atom is -0.491 e. The van der Waals surface area contributed by atoms with E-state index < -0.39 is 6.10 Å². The third-order valence-electron chi connectivity index (χ3n) is 7.03. The Hall–Kier alpha value is -3.10. The van der Waals surface area contributed by atoms with Gasteiger partial charge in [-0.2, -0.15) is 0 Å². The van der Waals surface area contributed by atoms with E-state index in [-0.39, 0.29) is 18.4 Å². The van der Waals surface area contributed by atoms with Gasteiger partial charge in [-0.3, -0.25) is 14.5 Å². The van der Waals surface area contributed by atoms with E-state index in [4.69, 9.17) is 4.74 Å². The first-order valence-electron chi connectivity index (χ1n) is 12.0. The standard InChI is InChI=1S/C26H32N4O4/c1-27-10-11-29(18-25(27)32)21-6-7-23-24(14-21)34-13-12-30(26(23)33)17-22(31)16-28-9-8-19-4-2-3-5-20(19)15-28/h2-7,14,22,31H,8-13,15-18H2,1H3/t22-/m1/s1. The number of amides is 2. The molecule has 0 spiro atoms. The summed E-state index contributed by atoms with van der Waals surface area (Å²) in [7, 11) is 1.81. The van der Waals surface area contributed by atoms with Gasteiger partial charge in [-0.15, -0.1) is 0 Å². The number of piperazine rings is 1. The molecule has 1 saturated heterocycles. The van der Waals surface area contributed by atoms with Crippen molar-refractivity contribution in [3.63, 3.8) is 0 Å². The minimum absolute atomic E-state index is 0.0792. The van der Waals surface area contributed by atoms with E-state index in [2.05, 4.69) is 29.2 Å². The number of benzene rings is 2. The number of likely N-dealkylation sites (N-methyl/N-ethyl adjacent to an activating group) is 1. The van der Waals surface area contributed by atoms with Crippen molar-refractivity contribution in [1.82, 2.24) is 14.7 Å². The van der Waals surface area contributed by atoms with Crippen LogP contribution in [0.4, 0.5) is 5.69 Å². The second-order valence-corrected chi connectivity index (χ2v) is 9.42. The van der Waals surface area contributed by atoms with Crippen LogP contribution in [0.5, 0.6) is 5.75 Å². The monoisotopic (exact) mass is 464 g/mol. The number of nitrogens with zero attached hydrogens (tertiary/aromatic N) is 4. The first kappa shape index (κ1) is 22.7. The molecule has 0 radical (unpaired) electrons. The molecule has 2 aromatic rings. The molecule has 0 aromatic heterocycles. The van der Waals surface area contributed by atoms with Crippen molar-refractivity contribution in [1.29, 1.82) is 0 Å². The van der Waals surface area contributed by atoms with Crippen LogP contribution < -0.4 is 9.64 Å². The maximum absolute atomic E-state index is 13.3. The maximum Gasteiger partial charge on any atom is 0.257 e. The topological polar surface area (TPSA) is 76.6 Å². The number of carbonyl (C=O) groups is 2. The van der Waals surface area contributed by atoms with Crippen LogP contribution >= 0.6 is 0 Å². The average molecular weight is 465 g/mol. The number of fused-ring (bicyclic) bond motifs is 2. The van der Waals surface area contributed by atoms with Gasteiger partial charge in [-0.25, -0.2) is 0 Å². The summed E-state index contributed by atoms with van der Waals surface area (Å²) in [6.07, 6.45) is 0.347. The smallest absolute Gasteiger partial charge is 0.257 e. The Kier molecular flexibility index (Phi) is 6.43. The van der Waals surface area contributed by atoms with Gasteiger partial charge in [0.15, 0.2) is 0 Å². The van der Waals surface area contributed by atoms with E-state index >= 15 is 0 Å². The van der Waals surface area contributed by atoms with E-state index in [0.29, 0.717) is 44.1 Å². The predicted molar refractivity (Wildman–Crippen MR) is 129 cm³/mol. The average Bonchev–Trinajstić information content (AvgIpc) is 2.99. The lowest BCUT2D eigenvalue weighted by Gasteiger charge is -2.33. The molecule has 2 amide bonds. The lowest BCUT2D eigenvalue weighted by Crippen LogP contribution is -2.48. The molecule has 1 fully saturated rings. The quantitative estimate of drug-likeness (QED) is 0.717. The summed E-state index contributed by atoms with van der Waals surface area (Å²) < 4.78 is 5.92. The molecule has 0 saturated carbocycles. The summed E-state index contributed by atoms with van der Waals surface area (Å²) in [6.45, 7) is 5.07. The molecule has 0 aliphatic carbocycles. The van der Waals surface area contributed by atoms with Crippen LogP contribution in [0.2, 0.25) is 0 Å². The summed E-state index contributed by atoms with van der Waals surface area (Å²) in [5.74, 6) is 0.491. The van der Waals surface area contributed by atoms with Crippen molar-refractivity contribution in [3.05, 3.63) is 59.2 Å². The second-order valence-electron chi connectivity index (χ2n) is 9.42. The molecule has 3 heterocycles. The lowest BCUT2D eigenvalue weighted by atomic mass is 10.00. The van der Waals surface area contributed by atoms with Gasteiger partial charge in [0.05, 0.1) is 24.8 Å². The van der Waals surface area contributed by atoms with Gasteiger partial charge in [-0.05, 0) is 29.7 Å². The van der Waals surface area contributed by atoms with Crippen LogP contribution in [0.1, 0.15) is 21.5 Å². The summed E-state index contributed by atoms with van der Waals surface area (Å²) >= 11 is 0. The number of carbonyl (C=O) groups excluding carboxylic acids is 2. The van der Waals surface area contributed by atoms with Gasteiger partial charge in [0, 0.05) is 58.1 Å². The zero-order chi connectivity index (χ0) is 23.7. The van der Waals surface area contributed by atoms with E-state index in [9.17, 15) is 14.7 Å². The van der Waals surface area contributed by atoms with E-state index in [1.165, 1.54) is 11.1 Å². The van der Waals surface area contributed by atoms with Crippen molar-refractivity contribution in [2.45, 2.75) is 19.1 Å². The number of hydrogen-bond acceptors (Lipinski definition) is 6. The molecule has 2 aromatic carbocycles. The minimum atomic E-state index is -0.633. The Labute approximate surface area is 200 Å². The fourth-order valence-corrected chi connectivity index (χ4v) is 5.01. The summed E-state index contributed by atoms with van der Waals surface area (Å²) in [6, 6.07) is 14.0. The highest BCUT2D eigenvalue weighted by Gasteiger charge is 2.28. The number of aliphatic hydroxyl groups is 1. The molecule has 1 atom stereocenters. The van der Waals surface area contributed by atoms with Crippen molar-refractivity contribution < 1.29 is 19.4 Å². The third kappa shape index (κ3) is 4.74. The zero-order valence-corrected chi connectivity index (χ0v) is 19.7. The van der Waals surface area contributed by atoms with Crippen LogP contribution in [-0.2, 0) is 17.8 Å². The molecular formula is C26H32N4O4. The Bertz CT molecular complexity index is 1070. The molecule has 3 aliphatic heterocycles. The van der Waals surface area contributed by atoms with Crippen molar-refractivity contribution in [3.8, 4) is 5.75 Å². The molecule has 8 nitrogen and oxygen atoms in total. The fraction of sp³-hybridized carbons (Fsp3) is 0.462. The van der Waals surface area contributed by atoms with Crippen LogP contribution in [0.15, 0.2) is 42.5 Å². The molecule has 3 aliphatic rings. The predicted octanol–water partition coefficient (Wildman–Crippen LogP) is 1.22. The van der Waals surface area contributed by atoms with Crippen molar-refractivity contribution in [2.24, 2.45) is 0 Å². The summed E-state index contributed by atoms with van der Waals surface area (Å²) in [5.41, 5.74) is 4.07. The van der Waals surface area contributed by atoms with E-state index in [1.54, 1.807) is 15.9 Å². The summed E-state index contributed by atoms with van der Waals surface area (Å²) in [5, 5.41) is 10.8. The largest absolute Gasteiger partial charge is 0.491 e. The van der Waals surface area contributed by atoms with Crippen LogP contribution in [-0.4, -0.2) is 97.2 Å². The first-order chi connectivity index (χ1) is 16.5. The molecule has 8 heteroatoms. The second kappa shape index (κ2) is 9.64. The van der Waals surface area contributed by atoms with Crippen LogP contribution in [0.25, 0.3) is 0 Å². The summed E-state index contributed by atoms with van der Waals surface area (Å²) in [4.78, 5) is 33.0. The third-order valence-corrected chi connectivity index (χ3v) is 7.03. The Morgan fingerprint density at radius 3 is 2.62 bits per heavy atom. The highest BCUT2D eigenvalue weighted by molar-refractivity contribution is 5.98. The molecule has 1 N–H and O–H groups in total. The maximum atomic E-state index is 13.3. The number of ether oxygens (including phenoxy) is 1. The van der Waals surface area contributed by atoms with Gasteiger partial charge in [0.2, 0.25) is 5.91 Å². The van der Waals surface area contributed by atoms with Gasteiger partial charge in [-0.1, -0.05) is 24.3 Å². The number of anilines is 1. The van der Waals surface area contributed by atoms with Crippen LogP contribution in [0.3, 0.4) is 0 Å². The number of hydrogen-bond donors (Lipinski definition) is 1. The first-order valence-corrected chi connectivity index (χ1v) is 12.0. The molecular weight excluding hydrogens is 432 g/mol. The number of aliphatic hydroxyl groups excluding tert-OH is 1. The van der Waals surface area contributed by atoms with Gasteiger partial charge < -0.3 is 24.5 Å². The normalized spacial score (nSPS) is 19.9. The van der Waals surface area contributed by atoms with Gasteiger partial charge in [0.1, 0.15) is 12.4 Å². The molecule has 5 rings (SSSR count). The van der Waals surface area contributed by atoms with Crippen molar-refractivity contribution >= 4 is 17.5 Å². The molecule has 180 valence electrons. The Morgan fingerprint density at radius 2 is 1.79 bits per heavy atom. The highest BCUT2D eigenvalue weighted by Crippen LogP contribution is 2.29. The highest BCUT2D eigenvalue weighted by atomic mass is 16.5. The van der Waals surface area contributed by atoms with E-state index in [0.717, 1.165) is 31.7 Å². The van der Waals surface area contributed by atoms with E-state index in [1.807, 2.05) is 24.1 Å². The lowest BCUT2D eigenvalue weighted by molar-refractivity contribution is -0.129. The van der Waals surface area contributed by atoms with Gasteiger partial charge in [0.25, 0.3) is 5.91 Å². The van der Waals surface area contributed by atoms with Gasteiger partial charge >= 0.3 is 0 Å². The number of β-amino-alcohol motifs (C(OH)–C–C–N with tert-alkyl or cyclic N) is 1.